The lowest BCUT2D eigenvalue weighted by Gasteiger charge is -2.21. The number of hydrogen-bond acceptors (Lipinski definition) is 4. The normalized spacial score (nSPS) is 10.5. The van der Waals surface area contributed by atoms with Crippen molar-refractivity contribution >= 4 is 17.8 Å². The molecule has 0 aliphatic heterocycles. The number of carbonyl (C=O) groups excluding carboxylic acids is 3. The van der Waals surface area contributed by atoms with E-state index in [1.165, 1.54) is 4.90 Å². The van der Waals surface area contributed by atoms with Crippen LogP contribution in [-0.4, -0.2) is 48.4 Å². The average molecular weight is 396 g/mol. The molecule has 2 aromatic rings. The Hall–Kier alpha value is -3.15. The van der Waals surface area contributed by atoms with Gasteiger partial charge in [0.1, 0.15) is 0 Å². The van der Waals surface area contributed by atoms with Gasteiger partial charge in [-0.05, 0) is 37.5 Å². The van der Waals surface area contributed by atoms with E-state index >= 15 is 0 Å². The molecule has 0 aliphatic carbocycles. The molecule has 0 unspecified atom stereocenters. The van der Waals surface area contributed by atoms with Crippen molar-refractivity contribution in [2.24, 2.45) is 0 Å². The van der Waals surface area contributed by atoms with Gasteiger partial charge in [-0.3, -0.25) is 14.4 Å². The quantitative estimate of drug-likeness (QED) is 0.662. The lowest BCUT2D eigenvalue weighted by atomic mass is 10.0. The van der Waals surface area contributed by atoms with Crippen LogP contribution in [0.15, 0.2) is 54.6 Å². The van der Waals surface area contributed by atoms with Crippen LogP contribution in [0.5, 0.6) is 0 Å². The summed E-state index contributed by atoms with van der Waals surface area (Å²) in [4.78, 5) is 37.5. The van der Waals surface area contributed by atoms with E-state index in [0.29, 0.717) is 6.54 Å². The molecule has 0 aromatic heterocycles. The molecule has 6 nitrogen and oxygen atoms in total. The first-order valence-corrected chi connectivity index (χ1v) is 9.76. The summed E-state index contributed by atoms with van der Waals surface area (Å²) in [6.45, 7) is 5.42. The highest BCUT2D eigenvalue weighted by molar-refractivity contribution is 5.86. The molecule has 0 spiro atoms. The van der Waals surface area contributed by atoms with Crippen molar-refractivity contribution in [2.75, 3.05) is 19.7 Å². The van der Waals surface area contributed by atoms with Crippen LogP contribution in [-0.2, 0) is 25.5 Å². The lowest BCUT2D eigenvalue weighted by molar-refractivity contribution is -0.152. The predicted molar refractivity (Wildman–Crippen MR) is 112 cm³/mol. The number of rotatable bonds is 9. The summed E-state index contributed by atoms with van der Waals surface area (Å²) >= 11 is 0. The monoisotopic (exact) mass is 396 g/mol. The first-order valence-electron chi connectivity index (χ1n) is 9.76. The van der Waals surface area contributed by atoms with E-state index in [1.54, 1.807) is 6.92 Å². The third kappa shape index (κ3) is 7.41. The number of nitrogens with one attached hydrogen (secondary N) is 1. The molecular formula is C23H28N2O4. The van der Waals surface area contributed by atoms with Gasteiger partial charge in [0.05, 0.1) is 13.0 Å². The van der Waals surface area contributed by atoms with Gasteiger partial charge in [-0.2, -0.15) is 0 Å². The van der Waals surface area contributed by atoms with Crippen molar-refractivity contribution in [3.8, 4) is 11.1 Å². The zero-order valence-corrected chi connectivity index (χ0v) is 17.2. The van der Waals surface area contributed by atoms with Gasteiger partial charge in [0.15, 0.2) is 6.61 Å². The predicted octanol–water partition coefficient (Wildman–Crippen LogP) is 2.81. The minimum Gasteiger partial charge on any atom is -0.455 e. The zero-order chi connectivity index (χ0) is 21.2. The third-order valence-corrected chi connectivity index (χ3v) is 4.28. The second kappa shape index (κ2) is 11.0. The zero-order valence-electron chi connectivity index (χ0n) is 17.2. The van der Waals surface area contributed by atoms with Crippen molar-refractivity contribution in [3.63, 3.8) is 0 Å². The van der Waals surface area contributed by atoms with Gasteiger partial charge < -0.3 is 15.0 Å². The number of hydrogen-bond donors (Lipinski definition) is 1. The molecule has 0 bridgehead atoms. The number of ether oxygens (including phenoxy) is 1. The first kappa shape index (κ1) is 22.1. The Kier molecular flexibility index (Phi) is 8.40. The van der Waals surface area contributed by atoms with Crippen molar-refractivity contribution < 1.29 is 19.1 Å². The Morgan fingerprint density at radius 3 is 2.17 bits per heavy atom. The van der Waals surface area contributed by atoms with Crippen molar-refractivity contribution in [2.45, 2.75) is 33.2 Å². The molecule has 0 atom stereocenters. The second-order valence-corrected chi connectivity index (χ2v) is 7.03. The maximum absolute atomic E-state index is 12.2. The third-order valence-electron chi connectivity index (χ3n) is 4.28. The molecule has 0 heterocycles. The number of likely N-dealkylation sites (N-methyl/N-ethyl adjacent to an activating group) is 1. The van der Waals surface area contributed by atoms with E-state index in [-0.39, 0.29) is 37.4 Å². The Morgan fingerprint density at radius 1 is 0.966 bits per heavy atom. The van der Waals surface area contributed by atoms with E-state index in [2.05, 4.69) is 5.32 Å². The lowest BCUT2D eigenvalue weighted by Crippen LogP contribution is -2.44. The van der Waals surface area contributed by atoms with E-state index < -0.39 is 5.97 Å². The smallest absolute Gasteiger partial charge is 0.310 e. The Bertz CT molecular complexity index is 817. The Morgan fingerprint density at radius 2 is 1.59 bits per heavy atom. The van der Waals surface area contributed by atoms with Crippen molar-refractivity contribution in [3.05, 3.63) is 60.2 Å². The summed E-state index contributed by atoms with van der Waals surface area (Å²) < 4.78 is 5.11. The fourth-order valence-corrected chi connectivity index (χ4v) is 2.81. The number of carbonyl (C=O) groups is 3. The van der Waals surface area contributed by atoms with Crippen LogP contribution in [0, 0.1) is 0 Å². The van der Waals surface area contributed by atoms with Gasteiger partial charge in [-0.1, -0.05) is 54.6 Å². The molecule has 0 fully saturated rings. The van der Waals surface area contributed by atoms with Crippen LogP contribution in [0.2, 0.25) is 0 Å². The van der Waals surface area contributed by atoms with E-state index in [9.17, 15) is 14.4 Å². The summed E-state index contributed by atoms with van der Waals surface area (Å²) in [6.07, 6.45) is 0.0856. The van der Waals surface area contributed by atoms with Gasteiger partial charge in [-0.25, -0.2) is 0 Å². The SMILES string of the molecule is CCN(CC(=O)NC(C)C)C(=O)COC(=O)Cc1ccc(-c2ccccc2)cc1. The fraction of sp³-hybridized carbons (Fsp3) is 0.348. The van der Waals surface area contributed by atoms with Crippen LogP contribution < -0.4 is 5.32 Å². The molecule has 0 aliphatic rings. The molecule has 2 rings (SSSR count). The van der Waals surface area contributed by atoms with Crippen LogP contribution in [0.4, 0.5) is 0 Å². The molecule has 0 saturated carbocycles. The highest BCUT2D eigenvalue weighted by atomic mass is 16.5. The van der Waals surface area contributed by atoms with Crippen LogP contribution in [0.25, 0.3) is 11.1 Å². The molecular weight excluding hydrogens is 368 g/mol. The van der Waals surface area contributed by atoms with Gasteiger partial charge in [0, 0.05) is 12.6 Å². The van der Waals surface area contributed by atoms with Crippen LogP contribution >= 0.6 is 0 Å². The second-order valence-electron chi connectivity index (χ2n) is 7.03. The molecule has 2 aromatic carbocycles. The van der Waals surface area contributed by atoms with Crippen molar-refractivity contribution in [1.82, 2.24) is 10.2 Å². The molecule has 0 saturated heterocycles. The standard InChI is InChI=1S/C23H28N2O4/c1-4-25(15-21(26)24-17(2)3)22(27)16-29-23(28)14-18-10-12-20(13-11-18)19-8-6-5-7-9-19/h5-13,17H,4,14-16H2,1-3H3,(H,24,26). The summed E-state index contributed by atoms with van der Waals surface area (Å²) in [5.74, 6) is -1.10. The minimum atomic E-state index is -0.478. The summed E-state index contributed by atoms with van der Waals surface area (Å²) in [5.41, 5.74) is 2.98. The van der Waals surface area contributed by atoms with Gasteiger partial charge in [-0.15, -0.1) is 0 Å². The molecule has 1 N–H and O–H groups in total. The fourth-order valence-electron chi connectivity index (χ4n) is 2.81. The molecule has 2 amide bonds. The first-order chi connectivity index (χ1) is 13.9. The molecule has 0 radical (unpaired) electrons. The summed E-state index contributed by atoms with van der Waals surface area (Å²) in [5, 5.41) is 2.74. The van der Waals surface area contributed by atoms with Crippen LogP contribution in [0.1, 0.15) is 26.3 Å². The van der Waals surface area contributed by atoms with Crippen molar-refractivity contribution in [1.29, 1.82) is 0 Å². The van der Waals surface area contributed by atoms with E-state index in [1.807, 2.05) is 68.4 Å². The van der Waals surface area contributed by atoms with Gasteiger partial charge in [0.25, 0.3) is 5.91 Å². The Labute approximate surface area is 171 Å². The maximum atomic E-state index is 12.2. The van der Waals surface area contributed by atoms with E-state index in [4.69, 9.17) is 4.74 Å². The summed E-state index contributed by atoms with van der Waals surface area (Å²) in [6, 6.07) is 17.6. The van der Waals surface area contributed by atoms with E-state index in [0.717, 1.165) is 16.7 Å². The number of benzene rings is 2. The van der Waals surface area contributed by atoms with Gasteiger partial charge in [0.2, 0.25) is 5.91 Å². The van der Waals surface area contributed by atoms with Crippen LogP contribution in [0.3, 0.4) is 0 Å². The number of esters is 1. The highest BCUT2D eigenvalue weighted by Crippen LogP contribution is 2.19. The largest absolute Gasteiger partial charge is 0.455 e. The number of nitrogens with zero attached hydrogens (tertiary/aromatic N) is 1. The minimum absolute atomic E-state index is 0.00224. The molecule has 29 heavy (non-hydrogen) atoms. The Balaban J connectivity index is 1.82. The topological polar surface area (TPSA) is 75.7 Å². The number of amides is 2. The molecule has 154 valence electrons. The average Bonchev–Trinajstić information content (AvgIpc) is 2.71. The summed E-state index contributed by atoms with van der Waals surface area (Å²) in [7, 11) is 0. The highest BCUT2D eigenvalue weighted by Gasteiger charge is 2.18. The maximum Gasteiger partial charge on any atom is 0.310 e. The van der Waals surface area contributed by atoms with Gasteiger partial charge >= 0.3 is 5.97 Å². The molecule has 6 heteroatoms.